The molecule has 144 valence electrons. The van der Waals surface area contributed by atoms with E-state index in [2.05, 4.69) is 24.9 Å². The maximum atomic E-state index is 7.32. The van der Waals surface area contributed by atoms with E-state index in [1.807, 2.05) is 35.8 Å². The van der Waals surface area contributed by atoms with Gasteiger partial charge in [0.15, 0.2) is 10.6 Å². The van der Waals surface area contributed by atoms with E-state index in [9.17, 15) is 0 Å². The number of piperidine rings is 1. The van der Waals surface area contributed by atoms with Crippen LogP contribution < -0.4 is 10.6 Å². The first kappa shape index (κ1) is 17.8. The Labute approximate surface area is 172 Å². The SMILES string of the molecule is [C-]#[N+]c1cccc(-c2nc3sccn3c2-c2ccnc(N[C@@H]3CCCNC3)n2)c1. The number of nitrogens with zero attached hydrogens (tertiary/aromatic N) is 5. The highest BCUT2D eigenvalue weighted by Crippen LogP contribution is 2.35. The maximum absolute atomic E-state index is 7.32. The van der Waals surface area contributed by atoms with Crippen LogP contribution in [0.1, 0.15) is 12.8 Å². The fraction of sp³-hybridized carbons (Fsp3) is 0.238. The van der Waals surface area contributed by atoms with Gasteiger partial charge in [-0.25, -0.2) is 19.8 Å². The number of anilines is 1. The maximum Gasteiger partial charge on any atom is 0.223 e. The molecule has 1 fully saturated rings. The van der Waals surface area contributed by atoms with Gasteiger partial charge in [0.1, 0.15) is 5.69 Å². The Kier molecular flexibility index (Phi) is 4.68. The van der Waals surface area contributed by atoms with Crippen LogP contribution in [0, 0.1) is 6.57 Å². The summed E-state index contributed by atoms with van der Waals surface area (Å²) in [4.78, 5) is 18.5. The molecule has 1 atom stereocenters. The summed E-state index contributed by atoms with van der Waals surface area (Å²) in [5.74, 6) is 0.627. The van der Waals surface area contributed by atoms with Crippen LogP contribution in [0.15, 0.2) is 48.1 Å². The highest BCUT2D eigenvalue weighted by Gasteiger charge is 2.19. The smallest absolute Gasteiger partial charge is 0.223 e. The zero-order chi connectivity index (χ0) is 19.6. The summed E-state index contributed by atoms with van der Waals surface area (Å²) >= 11 is 1.58. The molecular weight excluding hydrogens is 382 g/mol. The average Bonchev–Trinajstić information content (AvgIpc) is 3.36. The number of nitrogens with one attached hydrogen (secondary N) is 2. The van der Waals surface area contributed by atoms with Gasteiger partial charge in [0, 0.05) is 30.4 Å². The molecule has 0 amide bonds. The summed E-state index contributed by atoms with van der Waals surface area (Å²) in [6.45, 7) is 9.30. The normalized spacial score (nSPS) is 16.6. The minimum absolute atomic E-state index is 0.334. The van der Waals surface area contributed by atoms with Gasteiger partial charge in [0.25, 0.3) is 0 Å². The Morgan fingerprint density at radius 3 is 3.10 bits per heavy atom. The monoisotopic (exact) mass is 401 g/mol. The summed E-state index contributed by atoms with van der Waals surface area (Å²) in [6, 6.07) is 9.80. The molecule has 4 heterocycles. The molecule has 0 spiro atoms. The Morgan fingerprint density at radius 2 is 2.24 bits per heavy atom. The van der Waals surface area contributed by atoms with Crippen LogP contribution in [0.4, 0.5) is 11.6 Å². The van der Waals surface area contributed by atoms with E-state index in [1.165, 1.54) is 0 Å². The zero-order valence-corrected chi connectivity index (χ0v) is 16.5. The van der Waals surface area contributed by atoms with Crippen molar-refractivity contribution in [1.82, 2.24) is 24.7 Å². The van der Waals surface area contributed by atoms with Crippen LogP contribution in [-0.2, 0) is 0 Å². The van der Waals surface area contributed by atoms with Crippen LogP contribution >= 0.6 is 11.3 Å². The van der Waals surface area contributed by atoms with Crippen molar-refractivity contribution in [1.29, 1.82) is 0 Å². The molecule has 1 saturated heterocycles. The molecule has 7 nitrogen and oxygen atoms in total. The molecular formula is C21H19N7S. The second-order valence-corrected chi connectivity index (χ2v) is 7.85. The van der Waals surface area contributed by atoms with Crippen molar-refractivity contribution in [3.63, 3.8) is 0 Å². The molecule has 2 N–H and O–H groups in total. The molecule has 1 aromatic carbocycles. The van der Waals surface area contributed by atoms with Gasteiger partial charge < -0.3 is 10.6 Å². The summed E-state index contributed by atoms with van der Waals surface area (Å²) in [5, 5.41) is 8.87. The highest BCUT2D eigenvalue weighted by molar-refractivity contribution is 7.15. The largest absolute Gasteiger partial charge is 0.350 e. The first-order chi connectivity index (χ1) is 14.3. The van der Waals surface area contributed by atoms with Crippen molar-refractivity contribution < 1.29 is 0 Å². The highest BCUT2D eigenvalue weighted by atomic mass is 32.1. The number of fused-ring (bicyclic) bond motifs is 1. The number of imidazole rings is 1. The first-order valence-corrected chi connectivity index (χ1v) is 10.4. The molecule has 1 aliphatic heterocycles. The number of hydrogen-bond donors (Lipinski definition) is 2. The Hall–Kier alpha value is -3.28. The van der Waals surface area contributed by atoms with E-state index in [1.54, 1.807) is 23.6 Å². The fourth-order valence-electron chi connectivity index (χ4n) is 3.67. The van der Waals surface area contributed by atoms with Gasteiger partial charge in [-0.05, 0) is 37.1 Å². The van der Waals surface area contributed by atoms with E-state index >= 15 is 0 Å². The predicted molar refractivity (Wildman–Crippen MR) is 115 cm³/mol. The van der Waals surface area contributed by atoms with E-state index in [-0.39, 0.29) is 0 Å². The fourth-order valence-corrected chi connectivity index (χ4v) is 4.39. The molecule has 8 heteroatoms. The molecule has 0 unspecified atom stereocenters. The molecule has 3 aromatic heterocycles. The third kappa shape index (κ3) is 3.46. The lowest BCUT2D eigenvalue weighted by Crippen LogP contribution is -2.38. The van der Waals surface area contributed by atoms with Crippen molar-refractivity contribution in [2.45, 2.75) is 18.9 Å². The van der Waals surface area contributed by atoms with Crippen molar-refractivity contribution in [2.24, 2.45) is 0 Å². The minimum Gasteiger partial charge on any atom is -0.350 e. The molecule has 0 radical (unpaired) electrons. The number of aromatic nitrogens is 4. The number of benzene rings is 1. The van der Waals surface area contributed by atoms with E-state index < -0.39 is 0 Å². The van der Waals surface area contributed by atoms with Gasteiger partial charge in [-0.1, -0.05) is 18.2 Å². The second kappa shape index (κ2) is 7.62. The van der Waals surface area contributed by atoms with Crippen molar-refractivity contribution >= 4 is 27.9 Å². The number of thiazole rings is 1. The number of hydrogen-bond acceptors (Lipinski definition) is 6. The average molecular weight is 401 g/mol. The van der Waals surface area contributed by atoms with E-state index in [0.717, 1.165) is 53.5 Å². The van der Waals surface area contributed by atoms with Crippen LogP contribution in [0.3, 0.4) is 0 Å². The third-order valence-corrected chi connectivity index (χ3v) is 5.80. The van der Waals surface area contributed by atoms with E-state index in [0.29, 0.717) is 17.7 Å². The van der Waals surface area contributed by atoms with Gasteiger partial charge in [-0.2, -0.15) is 0 Å². The van der Waals surface area contributed by atoms with Crippen molar-refractivity contribution in [2.75, 3.05) is 18.4 Å². The van der Waals surface area contributed by atoms with E-state index in [4.69, 9.17) is 16.5 Å². The lowest BCUT2D eigenvalue weighted by Gasteiger charge is -2.23. The van der Waals surface area contributed by atoms with Gasteiger partial charge >= 0.3 is 0 Å². The molecule has 29 heavy (non-hydrogen) atoms. The standard InChI is InChI=1S/C21H19N7S/c1-22-15-5-2-4-14(12-15)18-19(28-10-11-29-21(28)27-18)17-7-9-24-20(26-17)25-16-6-3-8-23-13-16/h2,4-5,7,9-12,16,23H,3,6,8,13H2,(H,24,25,26)/t16-/m1/s1. The van der Waals surface area contributed by atoms with Crippen LogP contribution in [0.2, 0.25) is 0 Å². The van der Waals surface area contributed by atoms with Crippen LogP contribution in [0.25, 0.3) is 32.5 Å². The first-order valence-electron chi connectivity index (χ1n) is 9.56. The summed E-state index contributed by atoms with van der Waals surface area (Å²) in [6.07, 6.45) is 6.05. The van der Waals surface area contributed by atoms with Gasteiger partial charge in [-0.15, -0.1) is 11.3 Å². The van der Waals surface area contributed by atoms with Gasteiger partial charge in [0.05, 0.1) is 18.0 Å². The van der Waals surface area contributed by atoms with Gasteiger partial charge in [-0.3, -0.25) is 4.40 Å². The predicted octanol–water partition coefficient (Wildman–Crippen LogP) is 4.23. The zero-order valence-electron chi connectivity index (χ0n) is 15.7. The van der Waals surface area contributed by atoms with Crippen molar-refractivity contribution in [3.8, 4) is 22.6 Å². The van der Waals surface area contributed by atoms with Crippen LogP contribution in [-0.4, -0.2) is 38.5 Å². The topological polar surface area (TPSA) is 71.5 Å². The summed E-state index contributed by atoms with van der Waals surface area (Å²) in [5.41, 5.74) is 4.05. The number of rotatable bonds is 4. The quantitative estimate of drug-likeness (QED) is 0.501. The third-order valence-electron chi connectivity index (χ3n) is 5.04. The molecule has 1 aliphatic rings. The Balaban J connectivity index is 1.58. The second-order valence-electron chi connectivity index (χ2n) is 6.98. The molecule has 0 bridgehead atoms. The van der Waals surface area contributed by atoms with Gasteiger partial charge in [0.2, 0.25) is 5.95 Å². The molecule has 0 aliphatic carbocycles. The van der Waals surface area contributed by atoms with Crippen molar-refractivity contribution in [3.05, 3.63) is 59.5 Å². The minimum atomic E-state index is 0.334. The Morgan fingerprint density at radius 1 is 1.28 bits per heavy atom. The van der Waals surface area contributed by atoms with Crippen LogP contribution in [0.5, 0.6) is 0 Å². The molecule has 0 saturated carbocycles. The molecule has 4 aromatic rings. The lowest BCUT2D eigenvalue weighted by atomic mass is 10.1. The summed E-state index contributed by atoms with van der Waals surface area (Å²) in [7, 11) is 0. The Bertz CT molecular complexity index is 1200. The summed E-state index contributed by atoms with van der Waals surface area (Å²) < 4.78 is 2.05. The lowest BCUT2D eigenvalue weighted by molar-refractivity contribution is 0.478. The molecule has 5 rings (SSSR count).